The Morgan fingerprint density at radius 3 is 2.21 bits per heavy atom. The summed E-state index contributed by atoms with van der Waals surface area (Å²) in [5.41, 5.74) is 6.74. The minimum absolute atomic E-state index is 0.270. The average molecular weight is 253 g/mol. The van der Waals surface area contributed by atoms with Crippen molar-refractivity contribution in [1.82, 2.24) is 5.32 Å². The van der Waals surface area contributed by atoms with Crippen LogP contribution >= 0.6 is 0 Å². The summed E-state index contributed by atoms with van der Waals surface area (Å²) < 4.78 is 0. The van der Waals surface area contributed by atoms with Gasteiger partial charge in [0.1, 0.15) is 0 Å². The molecule has 2 aromatic carbocycles. The lowest BCUT2D eigenvalue weighted by atomic mass is 9.93. The molecular weight excluding hydrogens is 230 g/mol. The van der Waals surface area contributed by atoms with Gasteiger partial charge in [0.25, 0.3) is 0 Å². The van der Waals surface area contributed by atoms with Gasteiger partial charge >= 0.3 is 0 Å². The summed E-state index contributed by atoms with van der Waals surface area (Å²) in [6.45, 7) is 6.52. The van der Waals surface area contributed by atoms with E-state index in [0.29, 0.717) is 0 Å². The first-order valence-corrected chi connectivity index (χ1v) is 6.99. The van der Waals surface area contributed by atoms with Crippen LogP contribution in [0.2, 0.25) is 0 Å². The second-order valence-corrected chi connectivity index (χ2v) is 5.18. The van der Waals surface area contributed by atoms with Crippen LogP contribution in [0, 0.1) is 13.8 Å². The van der Waals surface area contributed by atoms with Crippen LogP contribution in [0.1, 0.15) is 40.8 Å². The highest BCUT2D eigenvalue weighted by Gasteiger charge is 2.13. The Morgan fingerprint density at radius 1 is 1.00 bits per heavy atom. The highest BCUT2D eigenvalue weighted by atomic mass is 14.9. The molecule has 100 valence electrons. The first-order valence-electron chi connectivity index (χ1n) is 6.99. The van der Waals surface area contributed by atoms with Crippen molar-refractivity contribution in [3.05, 3.63) is 70.3 Å². The van der Waals surface area contributed by atoms with Crippen LogP contribution in [0.15, 0.2) is 42.5 Å². The molecule has 0 aliphatic heterocycles. The smallest absolute Gasteiger partial charge is 0.0576 e. The molecule has 0 amide bonds. The summed E-state index contributed by atoms with van der Waals surface area (Å²) in [6.07, 6.45) is 1.09. The van der Waals surface area contributed by atoms with Gasteiger partial charge in [0.05, 0.1) is 6.04 Å². The summed E-state index contributed by atoms with van der Waals surface area (Å²) in [4.78, 5) is 0. The zero-order valence-corrected chi connectivity index (χ0v) is 12.3. The summed E-state index contributed by atoms with van der Waals surface area (Å²) in [6, 6.07) is 15.9. The maximum Gasteiger partial charge on any atom is 0.0576 e. The van der Waals surface area contributed by atoms with E-state index in [-0.39, 0.29) is 6.04 Å². The first-order chi connectivity index (χ1) is 9.15. The van der Waals surface area contributed by atoms with Crippen LogP contribution in [-0.2, 0) is 6.42 Å². The van der Waals surface area contributed by atoms with Gasteiger partial charge in [-0.05, 0) is 49.6 Å². The minimum atomic E-state index is 0.270. The Hall–Kier alpha value is -1.60. The third-order valence-electron chi connectivity index (χ3n) is 3.75. The van der Waals surface area contributed by atoms with E-state index >= 15 is 0 Å². The highest BCUT2D eigenvalue weighted by molar-refractivity contribution is 5.39. The number of hydrogen-bond donors (Lipinski definition) is 1. The van der Waals surface area contributed by atoms with Crippen LogP contribution in [0.25, 0.3) is 0 Å². The molecule has 1 N–H and O–H groups in total. The Bertz CT molecular complexity index is 540. The van der Waals surface area contributed by atoms with Crippen LogP contribution in [-0.4, -0.2) is 7.05 Å². The molecule has 0 aromatic heterocycles. The number of nitrogens with one attached hydrogen (secondary N) is 1. The van der Waals surface area contributed by atoms with Gasteiger partial charge in [-0.1, -0.05) is 55.0 Å². The molecule has 1 atom stereocenters. The van der Waals surface area contributed by atoms with E-state index in [0.717, 1.165) is 6.42 Å². The fourth-order valence-corrected chi connectivity index (χ4v) is 2.60. The van der Waals surface area contributed by atoms with Gasteiger partial charge in [-0.3, -0.25) is 0 Å². The molecule has 0 radical (unpaired) electrons. The predicted molar refractivity (Wildman–Crippen MR) is 82.6 cm³/mol. The third-order valence-corrected chi connectivity index (χ3v) is 3.75. The first kappa shape index (κ1) is 13.8. The zero-order valence-electron chi connectivity index (χ0n) is 12.3. The Balaban J connectivity index is 2.37. The molecule has 0 aliphatic carbocycles. The van der Waals surface area contributed by atoms with E-state index in [1.807, 2.05) is 7.05 Å². The van der Waals surface area contributed by atoms with Gasteiger partial charge in [0, 0.05) is 0 Å². The monoisotopic (exact) mass is 253 g/mol. The maximum atomic E-state index is 3.43. The maximum absolute atomic E-state index is 3.43. The van der Waals surface area contributed by atoms with Crippen LogP contribution < -0.4 is 5.32 Å². The standard InChI is InChI=1S/C18H23N/c1-5-15-7-9-16(10-8-15)18(19-4)17-11-6-13(2)12-14(17)3/h6-12,18-19H,5H2,1-4H3. The van der Waals surface area contributed by atoms with E-state index in [4.69, 9.17) is 0 Å². The highest BCUT2D eigenvalue weighted by Crippen LogP contribution is 2.25. The summed E-state index contributed by atoms with van der Waals surface area (Å²) in [5, 5.41) is 3.43. The number of hydrogen-bond acceptors (Lipinski definition) is 1. The van der Waals surface area contributed by atoms with Crippen molar-refractivity contribution < 1.29 is 0 Å². The van der Waals surface area contributed by atoms with Crippen LogP contribution in [0.4, 0.5) is 0 Å². The second kappa shape index (κ2) is 6.03. The van der Waals surface area contributed by atoms with Gasteiger partial charge in [0.15, 0.2) is 0 Å². The van der Waals surface area contributed by atoms with Gasteiger partial charge in [0.2, 0.25) is 0 Å². The van der Waals surface area contributed by atoms with E-state index < -0.39 is 0 Å². The zero-order chi connectivity index (χ0) is 13.8. The Kier molecular flexibility index (Phi) is 4.39. The van der Waals surface area contributed by atoms with Crippen molar-refractivity contribution in [2.45, 2.75) is 33.2 Å². The lowest BCUT2D eigenvalue weighted by Gasteiger charge is -2.20. The number of rotatable bonds is 4. The molecule has 0 heterocycles. The summed E-state index contributed by atoms with van der Waals surface area (Å²) >= 11 is 0. The summed E-state index contributed by atoms with van der Waals surface area (Å²) in [5.74, 6) is 0. The molecule has 1 heteroatoms. The topological polar surface area (TPSA) is 12.0 Å². The van der Waals surface area contributed by atoms with E-state index in [2.05, 4.69) is 68.6 Å². The molecule has 0 saturated heterocycles. The van der Waals surface area contributed by atoms with Crippen molar-refractivity contribution in [3.8, 4) is 0 Å². The quantitative estimate of drug-likeness (QED) is 0.862. The second-order valence-electron chi connectivity index (χ2n) is 5.18. The molecule has 2 rings (SSSR count). The average Bonchev–Trinajstić information content (AvgIpc) is 2.42. The van der Waals surface area contributed by atoms with Crippen molar-refractivity contribution >= 4 is 0 Å². The third kappa shape index (κ3) is 3.05. The number of benzene rings is 2. The SMILES string of the molecule is CCc1ccc(C(NC)c2ccc(C)cc2C)cc1. The van der Waals surface area contributed by atoms with E-state index in [1.165, 1.54) is 27.8 Å². The van der Waals surface area contributed by atoms with Crippen molar-refractivity contribution in [2.24, 2.45) is 0 Å². The molecule has 0 spiro atoms. The molecule has 1 nitrogen and oxygen atoms in total. The molecule has 19 heavy (non-hydrogen) atoms. The van der Waals surface area contributed by atoms with Crippen molar-refractivity contribution in [2.75, 3.05) is 7.05 Å². The van der Waals surface area contributed by atoms with Crippen molar-refractivity contribution in [3.63, 3.8) is 0 Å². The van der Waals surface area contributed by atoms with Gasteiger partial charge in [-0.25, -0.2) is 0 Å². The van der Waals surface area contributed by atoms with Crippen LogP contribution in [0.3, 0.4) is 0 Å². The van der Waals surface area contributed by atoms with E-state index in [1.54, 1.807) is 0 Å². The fraction of sp³-hybridized carbons (Fsp3) is 0.333. The fourth-order valence-electron chi connectivity index (χ4n) is 2.60. The van der Waals surface area contributed by atoms with Crippen molar-refractivity contribution in [1.29, 1.82) is 0 Å². The Labute approximate surface area is 116 Å². The largest absolute Gasteiger partial charge is 0.309 e. The lowest BCUT2D eigenvalue weighted by molar-refractivity contribution is 0.687. The molecule has 0 bridgehead atoms. The van der Waals surface area contributed by atoms with E-state index in [9.17, 15) is 0 Å². The normalized spacial score (nSPS) is 12.4. The van der Waals surface area contributed by atoms with Gasteiger partial charge in [-0.15, -0.1) is 0 Å². The Morgan fingerprint density at radius 2 is 1.68 bits per heavy atom. The minimum Gasteiger partial charge on any atom is -0.309 e. The summed E-state index contributed by atoms with van der Waals surface area (Å²) in [7, 11) is 2.03. The van der Waals surface area contributed by atoms with Gasteiger partial charge < -0.3 is 5.32 Å². The molecule has 0 fully saturated rings. The van der Waals surface area contributed by atoms with Crippen LogP contribution in [0.5, 0.6) is 0 Å². The molecule has 1 unspecified atom stereocenters. The molecule has 2 aromatic rings. The van der Waals surface area contributed by atoms with Gasteiger partial charge in [-0.2, -0.15) is 0 Å². The molecular formula is C18H23N. The number of aryl methyl sites for hydroxylation is 3. The molecule has 0 aliphatic rings. The predicted octanol–water partition coefficient (Wildman–Crippen LogP) is 4.17. The molecule has 0 saturated carbocycles. The lowest BCUT2D eigenvalue weighted by Crippen LogP contribution is -2.18.